The minimum Gasteiger partial charge on any atom is -0.484 e. The summed E-state index contributed by atoms with van der Waals surface area (Å²) in [5.74, 6) is -3.94. The van der Waals surface area contributed by atoms with Crippen molar-refractivity contribution >= 4 is 5.69 Å². The average molecular weight is 205 g/mol. The molecule has 5 heteroatoms. The summed E-state index contributed by atoms with van der Waals surface area (Å²) in [6, 6.07) is 3.62. The molecule has 2 nitrogen and oxygen atoms in total. The van der Waals surface area contributed by atoms with Crippen molar-refractivity contribution in [3.63, 3.8) is 0 Å². The molecule has 0 fully saturated rings. The van der Waals surface area contributed by atoms with Crippen molar-refractivity contribution in [2.75, 3.05) is 12.3 Å². The molecule has 0 atom stereocenters. The van der Waals surface area contributed by atoms with E-state index in [2.05, 4.69) is 4.74 Å². The summed E-state index contributed by atoms with van der Waals surface area (Å²) in [6.45, 7) is -0.157. The Morgan fingerprint density at radius 2 is 2.07 bits per heavy atom. The zero-order valence-corrected chi connectivity index (χ0v) is 7.56. The molecule has 0 bridgehead atoms. The van der Waals surface area contributed by atoms with Crippen LogP contribution in [0.5, 0.6) is 5.75 Å². The quantitative estimate of drug-likeness (QED) is 0.769. The van der Waals surface area contributed by atoms with Crippen LogP contribution in [0.25, 0.3) is 0 Å². The molecular weight excluding hydrogens is 195 g/mol. The molecule has 0 unspecified atom stereocenters. The van der Waals surface area contributed by atoms with Gasteiger partial charge in [-0.15, -0.1) is 0 Å². The first-order chi connectivity index (χ1) is 6.38. The second-order valence-corrected chi connectivity index (χ2v) is 3.05. The molecule has 0 aromatic heterocycles. The van der Waals surface area contributed by atoms with Crippen molar-refractivity contribution < 1.29 is 17.9 Å². The van der Waals surface area contributed by atoms with Gasteiger partial charge in [0, 0.05) is 18.7 Å². The van der Waals surface area contributed by atoms with E-state index in [9.17, 15) is 13.2 Å². The van der Waals surface area contributed by atoms with Crippen LogP contribution < -0.4 is 10.5 Å². The SMILES string of the molecule is CC(F)(F)COc1ccc(N)cc1F. The van der Waals surface area contributed by atoms with Crippen LogP contribution >= 0.6 is 0 Å². The Morgan fingerprint density at radius 3 is 2.57 bits per heavy atom. The van der Waals surface area contributed by atoms with E-state index in [4.69, 9.17) is 5.73 Å². The Labute approximate surface area is 79.5 Å². The van der Waals surface area contributed by atoms with Crippen molar-refractivity contribution in [2.24, 2.45) is 0 Å². The highest BCUT2D eigenvalue weighted by Crippen LogP contribution is 2.21. The molecule has 0 spiro atoms. The van der Waals surface area contributed by atoms with E-state index in [0.717, 1.165) is 6.07 Å². The first-order valence-corrected chi connectivity index (χ1v) is 3.94. The first-order valence-electron chi connectivity index (χ1n) is 3.94. The van der Waals surface area contributed by atoms with Crippen molar-refractivity contribution in [1.29, 1.82) is 0 Å². The van der Waals surface area contributed by atoms with Crippen LogP contribution in [-0.2, 0) is 0 Å². The van der Waals surface area contributed by atoms with Gasteiger partial charge < -0.3 is 10.5 Å². The summed E-state index contributed by atoms with van der Waals surface area (Å²) in [7, 11) is 0. The van der Waals surface area contributed by atoms with Crippen LogP contribution in [0.1, 0.15) is 6.92 Å². The maximum atomic E-state index is 13.0. The molecular formula is C9H10F3NO. The third-order valence-electron chi connectivity index (χ3n) is 1.44. The van der Waals surface area contributed by atoms with Crippen LogP contribution in [-0.4, -0.2) is 12.5 Å². The van der Waals surface area contributed by atoms with Gasteiger partial charge in [0.25, 0.3) is 5.92 Å². The molecule has 1 aromatic carbocycles. The molecule has 0 aliphatic rings. The number of halogens is 3. The van der Waals surface area contributed by atoms with Gasteiger partial charge in [0.15, 0.2) is 18.2 Å². The van der Waals surface area contributed by atoms with E-state index < -0.39 is 18.3 Å². The smallest absolute Gasteiger partial charge is 0.278 e. The van der Waals surface area contributed by atoms with Gasteiger partial charge in [0.05, 0.1) is 0 Å². The lowest BCUT2D eigenvalue weighted by molar-refractivity contribution is -0.0239. The summed E-state index contributed by atoms with van der Waals surface area (Å²) in [6.07, 6.45) is 0. The number of anilines is 1. The molecule has 2 N–H and O–H groups in total. The fraction of sp³-hybridized carbons (Fsp3) is 0.333. The number of hydrogen-bond donors (Lipinski definition) is 1. The number of rotatable bonds is 3. The molecule has 0 saturated carbocycles. The summed E-state index contributed by atoms with van der Waals surface area (Å²) < 4.78 is 42.2. The standard InChI is InChI=1S/C9H10F3NO/c1-9(11,12)5-14-8-3-2-6(13)4-7(8)10/h2-4H,5,13H2,1H3. The van der Waals surface area contributed by atoms with Gasteiger partial charge in [0.2, 0.25) is 0 Å². The summed E-state index contributed by atoms with van der Waals surface area (Å²) in [5, 5.41) is 0. The number of ether oxygens (including phenoxy) is 1. The van der Waals surface area contributed by atoms with Gasteiger partial charge in [-0.25, -0.2) is 13.2 Å². The first kappa shape index (κ1) is 10.7. The third kappa shape index (κ3) is 3.16. The fourth-order valence-electron chi connectivity index (χ4n) is 0.839. The number of alkyl halides is 2. The normalized spacial score (nSPS) is 11.4. The maximum absolute atomic E-state index is 13.0. The molecule has 1 aromatic rings. The van der Waals surface area contributed by atoms with E-state index in [1.807, 2.05) is 0 Å². The van der Waals surface area contributed by atoms with Crippen LogP contribution in [0.4, 0.5) is 18.9 Å². The minimum atomic E-state index is -2.98. The lowest BCUT2D eigenvalue weighted by Crippen LogP contribution is -2.21. The molecule has 14 heavy (non-hydrogen) atoms. The van der Waals surface area contributed by atoms with E-state index in [1.165, 1.54) is 12.1 Å². The summed E-state index contributed by atoms with van der Waals surface area (Å²) in [4.78, 5) is 0. The minimum absolute atomic E-state index is 0.220. The van der Waals surface area contributed by atoms with Crippen LogP contribution in [0.3, 0.4) is 0 Å². The maximum Gasteiger partial charge on any atom is 0.278 e. The highest BCUT2D eigenvalue weighted by Gasteiger charge is 2.22. The zero-order chi connectivity index (χ0) is 10.8. The Bertz CT molecular complexity index is 322. The predicted octanol–water partition coefficient (Wildman–Crippen LogP) is 2.44. The van der Waals surface area contributed by atoms with Crippen LogP contribution in [0, 0.1) is 5.82 Å². The monoisotopic (exact) mass is 205 g/mol. The van der Waals surface area contributed by atoms with Crippen molar-refractivity contribution in [3.05, 3.63) is 24.0 Å². The molecule has 0 aliphatic carbocycles. The van der Waals surface area contributed by atoms with Gasteiger partial charge in [-0.05, 0) is 12.1 Å². The predicted molar refractivity (Wildman–Crippen MR) is 46.9 cm³/mol. The van der Waals surface area contributed by atoms with Gasteiger partial charge in [-0.3, -0.25) is 0 Å². The zero-order valence-electron chi connectivity index (χ0n) is 7.56. The Kier molecular flexibility index (Phi) is 2.88. The molecule has 0 radical (unpaired) electrons. The topological polar surface area (TPSA) is 35.2 Å². The number of nitrogens with two attached hydrogens (primary N) is 1. The van der Waals surface area contributed by atoms with Gasteiger partial charge in [-0.1, -0.05) is 0 Å². The highest BCUT2D eigenvalue weighted by atomic mass is 19.3. The highest BCUT2D eigenvalue weighted by molar-refractivity contribution is 5.42. The van der Waals surface area contributed by atoms with E-state index in [1.54, 1.807) is 0 Å². The third-order valence-corrected chi connectivity index (χ3v) is 1.44. The van der Waals surface area contributed by atoms with E-state index in [0.29, 0.717) is 6.92 Å². The summed E-state index contributed by atoms with van der Waals surface area (Å²) >= 11 is 0. The van der Waals surface area contributed by atoms with Crippen LogP contribution in [0.15, 0.2) is 18.2 Å². The Hall–Kier alpha value is -1.39. The molecule has 0 heterocycles. The molecule has 1 rings (SSSR count). The average Bonchev–Trinajstić information content (AvgIpc) is 2.00. The molecule has 78 valence electrons. The summed E-state index contributed by atoms with van der Waals surface area (Å²) in [5.41, 5.74) is 5.49. The van der Waals surface area contributed by atoms with E-state index in [-0.39, 0.29) is 11.4 Å². The second-order valence-electron chi connectivity index (χ2n) is 3.05. The fourth-order valence-corrected chi connectivity index (χ4v) is 0.839. The molecule has 0 aliphatic heterocycles. The van der Waals surface area contributed by atoms with E-state index >= 15 is 0 Å². The van der Waals surface area contributed by atoms with Crippen molar-refractivity contribution in [2.45, 2.75) is 12.8 Å². The lowest BCUT2D eigenvalue weighted by Gasteiger charge is -2.12. The van der Waals surface area contributed by atoms with Gasteiger partial charge >= 0.3 is 0 Å². The number of hydrogen-bond acceptors (Lipinski definition) is 2. The largest absolute Gasteiger partial charge is 0.484 e. The Morgan fingerprint density at radius 1 is 1.43 bits per heavy atom. The van der Waals surface area contributed by atoms with Crippen molar-refractivity contribution in [3.8, 4) is 5.75 Å². The van der Waals surface area contributed by atoms with Crippen molar-refractivity contribution in [1.82, 2.24) is 0 Å². The molecule has 0 amide bonds. The van der Waals surface area contributed by atoms with Crippen LogP contribution in [0.2, 0.25) is 0 Å². The number of nitrogen functional groups attached to an aromatic ring is 1. The Balaban J connectivity index is 2.68. The van der Waals surface area contributed by atoms with Gasteiger partial charge in [-0.2, -0.15) is 0 Å². The second kappa shape index (κ2) is 3.77. The molecule has 0 saturated heterocycles. The van der Waals surface area contributed by atoms with Gasteiger partial charge in [0.1, 0.15) is 0 Å². The number of benzene rings is 1. The lowest BCUT2D eigenvalue weighted by atomic mass is 10.3.